The van der Waals surface area contributed by atoms with Crippen molar-refractivity contribution in [3.05, 3.63) is 0 Å². The fourth-order valence-corrected chi connectivity index (χ4v) is 2.31. The van der Waals surface area contributed by atoms with Crippen molar-refractivity contribution in [1.29, 1.82) is 0 Å². The molecular formula is C15H25NO7. The van der Waals surface area contributed by atoms with E-state index in [4.69, 9.17) is 19.7 Å². The molecule has 0 bridgehead atoms. The first-order chi connectivity index (χ1) is 10.8. The van der Waals surface area contributed by atoms with Gasteiger partial charge < -0.3 is 25.0 Å². The average molecular weight is 331 g/mol. The number of hydrogen-bond donors (Lipinski definition) is 3. The smallest absolute Gasteiger partial charge is 0.411 e. The Labute approximate surface area is 135 Å². The molecule has 2 unspecified atom stereocenters. The SMILES string of the molecule is CC(C)C(OC(=O)NC(CO)C(=O)O)OC(=O)C1CCCCC1. The molecule has 132 valence electrons. The summed E-state index contributed by atoms with van der Waals surface area (Å²) in [5.74, 6) is -2.25. The number of esters is 1. The molecule has 1 aliphatic rings. The van der Waals surface area contributed by atoms with Gasteiger partial charge in [0.2, 0.25) is 0 Å². The Kier molecular flexibility index (Phi) is 7.80. The molecule has 0 aromatic carbocycles. The van der Waals surface area contributed by atoms with Crippen LogP contribution < -0.4 is 5.32 Å². The monoisotopic (exact) mass is 331 g/mol. The first-order valence-electron chi connectivity index (χ1n) is 7.86. The van der Waals surface area contributed by atoms with E-state index >= 15 is 0 Å². The number of carboxylic acids is 1. The Balaban J connectivity index is 2.55. The number of rotatable bonds is 7. The van der Waals surface area contributed by atoms with Crippen molar-refractivity contribution in [2.45, 2.75) is 58.3 Å². The van der Waals surface area contributed by atoms with Gasteiger partial charge in [-0.2, -0.15) is 0 Å². The van der Waals surface area contributed by atoms with Gasteiger partial charge >= 0.3 is 18.0 Å². The number of aliphatic hydroxyl groups is 1. The zero-order chi connectivity index (χ0) is 17.4. The fourth-order valence-electron chi connectivity index (χ4n) is 2.31. The molecule has 0 spiro atoms. The van der Waals surface area contributed by atoms with Gasteiger partial charge in [-0.15, -0.1) is 0 Å². The Morgan fingerprint density at radius 1 is 1.13 bits per heavy atom. The van der Waals surface area contributed by atoms with Gasteiger partial charge in [0, 0.05) is 5.92 Å². The summed E-state index contributed by atoms with van der Waals surface area (Å²) in [5, 5.41) is 19.6. The Morgan fingerprint density at radius 3 is 2.22 bits per heavy atom. The van der Waals surface area contributed by atoms with Crippen LogP contribution in [0.5, 0.6) is 0 Å². The van der Waals surface area contributed by atoms with Gasteiger partial charge in [-0.1, -0.05) is 33.1 Å². The van der Waals surface area contributed by atoms with E-state index in [2.05, 4.69) is 0 Å². The number of aliphatic carboxylic acids is 1. The molecule has 8 nitrogen and oxygen atoms in total. The summed E-state index contributed by atoms with van der Waals surface area (Å²) >= 11 is 0. The first kappa shape index (κ1) is 19.2. The second kappa shape index (κ2) is 9.34. The van der Waals surface area contributed by atoms with Gasteiger partial charge in [0.25, 0.3) is 6.29 Å². The second-order valence-corrected chi connectivity index (χ2v) is 6.01. The van der Waals surface area contributed by atoms with Crippen LogP contribution in [0.2, 0.25) is 0 Å². The highest BCUT2D eigenvalue weighted by Gasteiger charge is 2.29. The topological polar surface area (TPSA) is 122 Å². The predicted molar refractivity (Wildman–Crippen MR) is 79.4 cm³/mol. The van der Waals surface area contributed by atoms with Crippen LogP contribution in [0, 0.1) is 11.8 Å². The third kappa shape index (κ3) is 6.43. The lowest BCUT2D eigenvalue weighted by atomic mass is 9.89. The Morgan fingerprint density at radius 2 is 1.74 bits per heavy atom. The predicted octanol–water partition coefficient (Wildman–Crippen LogP) is 1.26. The molecule has 2 atom stereocenters. The molecule has 1 rings (SSSR count). The van der Waals surface area contributed by atoms with Gasteiger partial charge in [0.15, 0.2) is 6.04 Å². The van der Waals surface area contributed by atoms with E-state index in [0.29, 0.717) is 0 Å². The van der Waals surface area contributed by atoms with Gasteiger partial charge in [-0.05, 0) is 12.8 Å². The van der Waals surface area contributed by atoms with E-state index in [1.54, 1.807) is 13.8 Å². The summed E-state index contributed by atoms with van der Waals surface area (Å²) in [6, 6.07) is -1.47. The highest BCUT2D eigenvalue weighted by molar-refractivity contribution is 5.80. The highest BCUT2D eigenvalue weighted by atomic mass is 16.7. The molecule has 1 saturated carbocycles. The van der Waals surface area contributed by atoms with E-state index in [1.807, 2.05) is 5.32 Å². The standard InChI is InChI=1S/C15H25NO7/c1-9(2)14(22-13(20)10-6-4-3-5-7-10)23-15(21)16-11(8-17)12(18)19/h9-11,14,17H,3-8H2,1-2H3,(H,16,21)(H,18,19). The number of carbonyl (C=O) groups is 3. The molecule has 1 aliphatic carbocycles. The number of hydrogen-bond acceptors (Lipinski definition) is 6. The van der Waals surface area contributed by atoms with Gasteiger partial charge in [-0.25, -0.2) is 9.59 Å². The summed E-state index contributed by atoms with van der Waals surface area (Å²) in [6.07, 6.45) is 2.44. The van der Waals surface area contributed by atoms with Gasteiger partial charge in [-0.3, -0.25) is 4.79 Å². The molecule has 23 heavy (non-hydrogen) atoms. The van der Waals surface area contributed by atoms with E-state index in [0.717, 1.165) is 32.1 Å². The molecule has 0 saturated heterocycles. The number of ether oxygens (including phenoxy) is 2. The lowest BCUT2D eigenvalue weighted by Gasteiger charge is -2.26. The largest absolute Gasteiger partial charge is 0.480 e. The number of carbonyl (C=O) groups excluding carboxylic acids is 2. The zero-order valence-corrected chi connectivity index (χ0v) is 13.5. The second-order valence-electron chi connectivity index (χ2n) is 6.01. The zero-order valence-electron chi connectivity index (χ0n) is 13.5. The van der Waals surface area contributed by atoms with Gasteiger partial charge in [0.1, 0.15) is 0 Å². The summed E-state index contributed by atoms with van der Waals surface area (Å²) in [6.45, 7) is 2.66. The molecule has 3 N–H and O–H groups in total. The van der Waals surface area contributed by atoms with E-state index in [-0.39, 0.29) is 11.8 Å². The maximum absolute atomic E-state index is 12.1. The van der Waals surface area contributed by atoms with Crippen molar-refractivity contribution in [2.75, 3.05) is 6.61 Å². The van der Waals surface area contributed by atoms with Gasteiger partial charge in [0.05, 0.1) is 12.5 Å². The number of carboxylic acid groups (broad SMARTS) is 1. The summed E-state index contributed by atoms with van der Waals surface area (Å²) in [4.78, 5) is 34.6. The molecule has 0 aliphatic heterocycles. The molecule has 0 radical (unpaired) electrons. The van der Waals surface area contributed by atoms with E-state index in [9.17, 15) is 14.4 Å². The van der Waals surface area contributed by atoms with Crippen molar-refractivity contribution in [3.63, 3.8) is 0 Å². The Hall–Kier alpha value is -1.83. The lowest BCUT2D eigenvalue weighted by molar-refractivity contribution is -0.181. The van der Waals surface area contributed by atoms with Crippen LogP contribution in [-0.2, 0) is 19.1 Å². The van der Waals surface area contributed by atoms with Crippen molar-refractivity contribution < 1.29 is 34.1 Å². The normalized spacial score (nSPS) is 18.1. The molecular weight excluding hydrogens is 306 g/mol. The maximum atomic E-state index is 12.1. The third-order valence-corrected chi connectivity index (χ3v) is 3.71. The van der Waals surface area contributed by atoms with Crippen molar-refractivity contribution in [2.24, 2.45) is 11.8 Å². The van der Waals surface area contributed by atoms with Crippen molar-refractivity contribution in [1.82, 2.24) is 5.32 Å². The molecule has 1 fully saturated rings. The minimum Gasteiger partial charge on any atom is -0.480 e. The lowest BCUT2D eigenvalue weighted by Crippen LogP contribution is -2.45. The van der Waals surface area contributed by atoms with Crippen molar-refractivity contribution in [3.8, 4) is 0 Å². The maximum Gasteiger partial charge on any atom is 0.411 e. The number of alkyl carbamates (subject to hydrolysis) is 1. The third-order valence-electron chi connectivity index (χ3n) is 3.71. The summed E-state index contributed by atoms with van der Waals surface area (Å²) < 4.78 is 10.3. The fraction of sp³-hybridized carbons (Fsp3) is 0.800. The summed E-state index contributed by atoms with van der Waals surface area (Å²) in [7, 11) is 0. The minimum absolute atomic E-state index is 0.180. The van der Waals surface area contributed by atoms with E-state index in [1.165, 1.54) is 0 Å². The highest BCUT2D eigenvalue weighted by Crippen LogP contribution is 2.25. The van der Waals surface area contributed by atoms with Crippen LogP contribution in [0.3, 0.4) is 0 Å². The molecule has 0 heterocycles. The van der Waals surface area contributed by atoms with Crippen LogP contribution >= 0.6 is 0 Å². The quantitative estimate of drug-likeness (QED) is 0.474. The number of nitrogens with one attached hydrogen (secondary N) is 1. The summed E-state index contributed by atoms with van der Waals surface area (Å²) in [5.41, 5.74) is 0. The minimum atomic E-state index is -1.47. The van der Waals surface area contributed by atoms with Crippen LogP contribution in [-0.4, -0.2) is 47.2 Å². The van der Waals surface area contributed by atoms with Crippen LogP contribution in [0.25, 0.3) is 0 Å². The molecule has 0 aromatic rings. The Bertz CT molecular complexity index is 418. The van der Waals surface area contributed by atoms with Crippen LogP contribution in [0.4, 0.5) is 4.79 Å². The molecule has 8 heteroatoms. The molecule has 0 aromatic heterocycles. The van der Waals surface area contributed by atoms with Crippen molar-refractivity contribution >= 4 is 18.0 Å². The van der Waals surface area contributed by atoms with Crippen LogP contribution in [0.15, 0.2) is 0 Å². The number of aliphatic hydroxyl groups excluding tert-OH is 1. The van der Waals surface area contributed by atoms with Crippen LogP contribution in [0.1, 0.15) is 46.0 Å². The average Bonchev–Trinajstić information content (AvgIpc) is 2.52. The number of amides is 1. The first-order valence-corrected chi connectivity index (χ1v) is 7.86. The van der Waals surface area contributed by atoms with E-state index < -0.39 is 37.0 Å². The molecule has 1 amide bonds.